The summed E-state index contributed by atoms with van der Waals surface area (Å²) in [6.45, 7) is 0. The standard InChI is InChI=1S/C12H10N2O3S/c13-8-6-18-10(12(16)17)9(8)14-11(15)7-4-2-1-3-5-7/h1-6H,13H2,(H,14,15)(H,16,17). The molecule has 92 valence electrons. The number of anilines is 2. The molecule has 0 aliphatic heterocycles. The number of hydrogen-bond donors (Lipinski definition) is 3. The van der Waals surface area contributed by atoms with Gasteiger partial charge in [0.1, 0.15) is 4.88 Å². The highest BCUT2D eigenvalue weighted by Gasteiger charge is 2.18. The lowest BCUT2D eigenvalue weighted by atomic mass is 10.2. The largest absolute Gasteiger partial charge is 0.477 e. The Morgan fingerprint density at radius 2 is 1.89 bits per heavy atom. The lowest BCUT2D eigenvalue weighted by molar-refractivity contribution is 0.0703. The van der Waals surface area contributed by atoms with E-state index in [9.17, 15) is 9.59 Å². The lowest BCUT2D eigenvalue weighted by Crippen LogP contribution is -2.14. The molecule has 0 atom stereocenters. The van der Waals surface area contributed by atoms with Crippen molar-refractivity contribution < 1.29 is 14.7 Å². The number of rotatable bonds is 3. The van der Waals surface area contributed by atoms with Gasteiger partial charge in [0, 0.05) is 10.9 Å². The second kappa shape index (κ2) is 4.89. The minimum atomic E-state index is -1.11. The Hall–Kier alpha value is -2.34. The molecule has 0 radical (unpaired) electrons. The molecule has 18 heavy (non-hydrogen) atoms. The predicted molar refractivity (Wildman–Crippen MR) is 70.1 cm³/mol. The fourth-order valence-electron chi connectivity index (χ4n) is 1.43. The molecule has 0 fully saturated rings. The zero-order chi connectivity index (χ0) is 13.1. The smallest absolute Gasteiger partial charge is 0.348 e. The van der Waals surface area contributed by atoms with Gasteiger partial charge in [-0.25, -0.2) is 4.79 Å². The number of aromatic carboxylic acids is 1. The summed E-state index contributed by atoms with van der Waals surface area (Å²) in [4.78, 5) is 22.9. The van der Waals surface area contributed by atoms with E-state index < -0.39 is 5.97 Å². The molecule has 1 aromatic heterocycles. The van der Waals surface area contributed by atoms with Crippen molar-refractivity contribution in [2.45, 2.75) is 0 Å². The maximum absolute atomic E-state index is 11.9. The van der Waals surface area contributed by atoms with Crippen molar-refractivity contribution in [2.24, 2.45) is 0 Å². The van der Waals surface area contributed by atoms with Gasteiger partial charge >= 0.3 is 5.97 Å². The van der Waals surface area contributed by atoms with Gasteiger partial charge in [0.25, 0.3) is 5.91 Å². The monoisotopic (exact) mass is 262 g/mol. The first-order valence-corrected chi connectivity index (χ1v) is 5.94. The number of carbonyl (C=O) groups excluding carboxylic acids is 1. The molecule has 0 saturated carbocycles. The Morgan fingerprint density at radius 1 is 1.22 bits per heavy atom. The van der Waals surface area contributed by atoms with Crippen LogP contribution in [-0.4, -0.2) is 17.0 Å². The Balaban J connectivity index is 2.27. The molecule has 6 heteroatoms. The minimum absolute atomic E-state index is 0.0248. The summed E-state index contributed by atoms with van der Waals surface area (Å²) in [5.41, 5.74) is 6.49. The molecule has 1 amide bonds. The molecule has 1 heterocycles. The van der Waals surface area contributed by atoms with Crippen LogP contribution in [-0.2, 0) is 0 Å². The first kappa shape index (κ1) is 12.1. The molecular weight excluding hydrogens is 252 g/mol. The topological polar surface area (TPSA) is 92.4 Å². The zero-order valence-corrected chi connectivity index (χ0v) is 10.0. The fourth-order valence-corrected chi connectivity index (χ4v) is 2.18. The van der Waals surface area contributed by atoms with E-state index in [1.165, 1.54) is 5.38 Å². The van der Waals surface area contributed by atoms with Crippen LogP contribution in [0.5, 0.6) is 0 Å². The maximum atomic E-state index is 11.9. The minimum Gasteiger partial charge on any atom is -0.477 e. The van der Waals surface area contributed by atoms with Crippen LogP contribution in [0, 0.1) is 0 Å². The number of benzene rings is 1. The summed E-state index contributed by atoms with van der Waals surface area (Å²) in [6.07, 6.45) is 0. The number of carbonyl (C=O) groups is 2. The molecule has 0 unspecified atom stereocenters. The van der Waals surface area contributed by atoms with Crippen molar-refractivity contribution in [1.82, 2.24) is 0 Å². The highest BCUT2D eigenvalue weighted by Crippen LogP contribution is 2.30. The van der Waals surface area contributed by atoms with E-state index in [0.717, 1.165) is 11.3 Å². The van der Waals surface area contributed by atoms with Crippen molar-refractivity contribution in [3.63, 3.8) is 0 Å². The molecular formula is C12H10N2O3S. The van der Waals surface area contributed by atoms with Gasteiger partial charge in [0.15, 0.2) is 0 Å². The average Bonchev–Trinajstić information content (AvgIpc) is 2.72. The van der Waals surface area contributed by atoms with E-state index in [-0.39, 0.29) is 22.2 Å². The van der Waals surface area contributed by atoms with Gasteiger partial charge in [0.2, 0.25) is 0 Å². The number of nitrogens with two attached hydrogens (primary N) is 1. The van der Waals surface area contributed by atoms with Crippen molar-refractivity contribution in [1.29, 1.82) is 0 Å². The SMILES string of the molecule is Nc1csc(C(=O)O)c1NC(=O)c1ccccc1. The highest BCUT2D eigenvalue weighted by molar-refractivity contribution is 7.13. The molecule has 0 aliphatic carbocycles. The normalized spacial score (nSPS) is 10.0. The van der Waals surface area contributed by atoms with E-state index in [4.69, 9.17) is 10.8 Å². The van der Waals surface area contributed by atoms with Gasteiger partial charge in [-0.3, -0.25) is 4.79 Å². The van der Waals surface area contributed by atoms with E-state index in [2.05, 4.69) is 5.32 Å². The van der Waals surface area contributed by atoms with Gasteiger partial charge < -0.3 is 16.2 Å². The molecule has 0 bridgehead atoms. The van der Waals surface area contributed by atoms with Gasteiger partial charge in [-0.05, 0) is 12.1 Å². The summed E-state index contributed by atoms with van der Waals surface area (Å²) < 4.78 is 0. The van der Waals surface area contributed by atoms with Crippen LogP contribution in [0.2, 0.25) is 0 Å². The third-order valence-corrected chi connectivity index (χ3v) is 3.27. The van der Waals surface area contributed by atoms with Crippen LogP contribution < -0.4 is 11.1 Å². The van der Waals surface area contributed by atoms with Crippen LogP contribution in [0.4, 0.5) is 11.4 Å². The molecule has 2 aromatic rings. The fraction of sp³-hybridized carbons (Fsp3) is 0. The van der Waals surface area contributed by atoms with Crippen LogP contribution in [0.25, 0.3) is 0 Å². The van der Waals surface area contributed by atoms with Crippen molar-refractivity contribution in [3.8, 4) is 0 Å². The number of carboxylic acids is 1. The quantitative estimate of drug-likeness (QED) is 0.791. The Labute approximate surface area is 107 Å². The van der Waals surface area contributed by atoms with Crippen LogP contribution in [0.1, 0.15) is 20.0 Å². The van der Waals surface area contributed by atoms with E-state index in [0.29, 0.717) is 5.56 Å². The summed E-state index contributed by atoms with van der Waals surface area (Å²) in [7, 11) is 0. The number of hydrogen-bond acceptors (Lipinski definition) is 4. The van der Waals surface area contributed by atoms with Crippen molar-refractivity contribution >= 4 is 34.6 Å². The molecule has 0 spiro atoms. The first-order valence-electron chi connectivity index (χ1n) is 5.06. The summed E-state index contributed by atoms with van der Waals surface area (Å²) in [5.74, 6) is -1.50. The summed E-state index contributed by atoms with van der Waals surface area (Å²) in [6, 6.07) is 8.52. The van der Waals surface area contributed by atoms with Gasteiger partial charge in [-0.15, -0.1) is 11.3 Å². The van der Waals surface area contributed by atoms with Crippen LogP contribution >= 0.6 is 11.3 Å². The van der Waals surface area contributed by atoms with E-state index in [1.54, 1.807) is 30.3 Å². The summed E-state index contributed by atoms with van der Waals surface area (Å²) in [5, 5.41) is 13.0. The zero-order valence-electron chi connectivity index (χ0n) is 9.21. The van der Waals surface area contributed by atoms with E-state index >= 15 is 0 Å². The van der Waals surface area contributed by atoms with Crippen molar-refractivity contribution in [3.05, 3.63) is 46.2 Å². The number of nitrogens with one attached hydrogen (secondary N) is 1. The number of carboxylic acid groups (broad SMARTS) is 1. The number of amides is 1. The second-order valence-electron chi connectivity index (χ2n) is 3.52. The summed E-state index contributed by atoms with van der Waals surface area (Å²) >= 11 is 0.982. The Kier molecular flexibility index (Phi) is 3.29. The molecule has 1 aromatic carbocycles. The van der Waals surface area contributed by atoms with Gasteiger partial charge in [0.05, 0.1) is 11.4 Å². The second-order valence-corrected chi connectivity index (χ2v) is 4.40. The van der Waals surface area contributed by atoms with Gasteiger partial charge in [-0.1, -0.05) is 18.2 Å². The van der Waals surface area contributed by atoms with Gasteiger partial charge in [-0.2, -0.15) is 0 Å². The number of thiophene rings is 1. The Bertz CT molecular complexity index is 593. The lowest BCUT2D eigenvalue weighted by Gasteiger charge is -2.05. The molecule has 0 saturated heterocycles. The number of nitrogen functional groups attached to an aromatic ring is 1. The molecule has 5 nitrogen and oxygen atoms in total. The first-order chi connectivity index (χ1) is 8.59. The highest BCUT2D eigenvalue weighted by atomic mass is 32.1. The van der Waals surface area contributed by atoms with Crippen LogP contribution in [0.15, 0.2) is 35.7 Å². The molecule has 2 rings (SSSR count). The third-order valence-electron chi connectivity index (χ3n) is 2.29. The average molecular weight is 262 g/mol. The molecule has 0 aliphatic rings. The Morgan fingerprint density at radius 3 is 2.50 bits per heavy atom. The predicted octanol–water partition coefficient (Wildman–Crippen LogP) is 2.28. The molecule has 4 N–H and O–H groups in total. The maximum Gasteiger partial charge on any atom is 0.348 e. The van der Waals surface area contributed by atoms with E-state index in [1.807, 2.05) is 0 Å². The van der Waals surface area contributed by atoms with Crippen LogP contribution in [0.3, 0.4) is 0 Å². The third kappa shape index (κ3) is 2.33. The van der Waals surface area contributed by atoms with Crippen molar-refractivity contribution in [2.75, 3.05) is 11.1 Å².